The number of fused-ring (bicyclic) bond motifs is 1. The van der Waals surface area contributed by atoms with Gasteiger partial charge in [0.1, 0.15) is 0 Å². The Morgan fingerprint density at radius 1 is 1.25 bits per heavy atom. The van der Waals surface area contributed by atoms with E-state index in [2.05, 4.69) is 20.6 Å². The van der Waals surface area contributed by atoms with Crippen molar-refractivity contribution in [1.82, 2.24) is 9.97 Å². The number of benzene rings is 1. The van der Waals surface area contributed by atoms with Gasteiger partial charge < -0.3 is 10.6 Å². The fourth-order valence-electron chi connectivity index (χ4n) is 2.29. The van der Waals surface area contributed by atoms with Crippen LogP contribution in [-0.4, -0.2) is 22.4 Å². The van der Waals surface area contributed by atoms with E-state index in [1.165, 1.54) is 12.4 Å². The van der Waals surface area contributed by atoms with E-state index in [-0.39, 0.29) is 11.8 Å². The molecule has 0 saturated carbocycles. The highest BCUT2D eigenvalue weighted by Crippen LogP contribution is 2.34. The Labute approximate surface area is 121 Å². The van der Waals surface area contributed by atoms with Gasteiger partial charge >= 0.3 is 0 Å². The smallest absolute Gasteiger partial charge is 0.232 e. The van der Waals surface area contributed by atoms with Gasteiger partial charge in [-0.25, -0.2) is 9.97 Å². The predicted octanol–water partition coefficient (Wildman–Crippen LogP) is 2.67. The molecule has 1 aromatic carbocycles. The summed E-state index contributed by atoms with van der Waals surface area (Å²) in [6, 6.07) is 7.77. The van der Waals surface area contributed by atoms with E-state index in [1.807, 2.05) is 24.3 Å². The Bertz CT molecular complexity index is 629. The molecule has 0 aliphatic carbocycles. The second kappa shape index (κ2) is 5.46. The predicted molar refractivity (Wildman–Crippen MR) is 78.0 cm³/mol. The Kier molecular flexibility index (Phi) is 3.52. The SMILES string of the molecule is O=C1Nc2ccccc2[C@@H]1CCNc1ncc(Cl)cn1. The largest absolute Gasteiger partial charge is 0.354 e. The van der Waals surface area contributed by atoms with Crippen molar-refractivity contribution in [2.45, 2.75) is 12.3 Å². The topological polar surface area (TPSA) is 66.9 Å². The first-order valence-electron chi connectivity index (χ1n) is 6.35. The summed E-state index contributed by atoms with van der Waals surface area (Å²) in [5.41, 5.74) is 1.96. The summed E-state index contributed by atoms with van der Waals surface area (Å²) < 4.78 is 0. The van der Waals surface area contributed by atoms with Crippen molar-refractivity contribution >= 4 is 29.1 Å². The molecule has 2 aromatic rings. The molecule has 1 atom stereocenters. The Hall–Kier alpha value is -2.14. The lowest BCUT2D eigenvalue weighted by atomic mass is 9.97. The molecule has 0 bridgehead atoms. The normalized spacial score (nSPS) is 16.6. The number of amides is 1. The van der Waals surface area contributed by atoms with Gasteiger partial charge in [-0.3, -0.25) is 4.79 Å². The maximum absolute atomic E-state index is 11.9. The van der Waals surface area contributed by atoms with Crippen LogP contribution in [0.1, 0.15) is 17.9 Å². The molecule has 0 unspecified atom stereocenters. The van der Waals surface area contributed by atoms with Gasteiger partial charge in [-0.15, -0.1) is 0 Å². The highest BCUT2D eigenvalue weighted by molar-refractivity contribution is 6.30. The van der Waals surface area contributed by atoms with Crippen LogP contribution in [0.4, 0.5) is 11.6 Å². The lowest BCUT2D eigenvalue weighted by Crippen LogP contribution is -2.16. The number of nitrogens with zero attached hydrogens (tertiary/aromatic N) is 2. The molecule has 102 valence electrons. The highest BCUT2D eigenvalue weighted by Gasteiger charge is 2.29. The summed E-state index contributed by atoms with van der Waals surface area (Å²) in [5, 5.41) is 6.48. The van der Waals surface area contributed by atoms with Gasteiger partial charge in [-0.05, 0) is 18.1 Å². The summed E-state index contributed by atoms with van der Waals surface area (Å²) >= 11 is 5.72. The van der Waals surface area contributed by atoms with Crippen molar-refractivity contribution in [3.63, 3.8) is 0 Å². The first-order chi connectivity index (χ1) is 9.74. The summed E-state index contributed by atoms with van der Waals surface area (Å²) in [6.07, 6.45) is 3.76. The number of para-hydroxylation sites is 1. The average Bonchev–Trinajstić information content (AvgIpc) is 2.77. The van der Waals surface area contributed by atoms with Gasteiger partial charge in [-0.2, -0.15) is 0 Å². The minimum atomic E-state index is -0.119. The molecule has 0 fully saturated rings. The molecule has 2 heterocycles. The van der Waals surface area contributed by atoms with Crippen molar-refractivity contribution in [2.24, 2.45) is 0 Å². The number of nitrogens with one attached hydrogen (secondary N) is 2. The molecule has 5 nitrogen and oxygen atoms in total. The summed E-state index contributed by atoms with van der Waals surface area (Å²) in [4.78, 5) is 20.0. The molecule has 0 saturated heterocycles. The molecule has 1 aliphatic heterocycles. The van der Waals surface area contributed by atoms with Gasteiger partial charge in [-0.1, -0.05) is 29.8 Å². The maximum Gasteiger partial charge on any atom is 0.232 e. The Morgan fingerprint density at radius 3 is 2.80 bits per heavy atom. The van der Waals surface area contributed by atoms with E-state index in [4.69, 9.17) is 11.6 Å². The molecular formula is C14H13ClN4O. The molecule has 1 aliphatic rings. The van der Waals surface area contributed by atoms with Gasteiger partial charge in [0.15, 0.2) is 0 Å². The van der Waals surface area contributed by atoms with E-state index in [1.54, 1.807) is 0 Å². The zero-order valence-corrected chi connectivity index (χ0v) is 11.4. The molecule has 20 heavy (non-hydrogen) atoms. The second-order valence-electron chi connectivity index (χ2n) is 4.57. The number of rotatable bonds is 4. The highest BCUT2D eigenvalue weighted by atomic mass is 35.5. The van der Waals surface area contributed by atoms with Crippen LogP contribution in [0.2, 0.25) is 5.02 Å². The average molecular weight is 289 g/mol. The monoisotopic (exact) mass is 288 g/mol. The van der Waals surface area contributed by atoms with Crippen LogP contribution >= 0.6 is 11.6 Å². The summed E-state index contributed by atoms with van der Waals surface area (Å²) in [7, 11) is 0. The molecule has 3 rings (SSSR count). The maximum atomic E-state index is 11.9. The molecule has 6 heteroatoms. The molecule has 0 spiro atoms. The third kappa shape index (κ3) is 2.58. The number of carbonyl (C=O) groups excluding carboxylic acids is 1. The van der Waals surface area contributed by atoms with Crippen molar-refractivity contribution in [1.29, 1.82) is 0 Å². The second-order valence-corrected chi connectivity index (χ2v) is 5.01. The lowest BCUT2D eigenvalue weighted by Gasteiger charge is -2.09. The van der Waals surface area contributed by atoms with Gasteiger partial charge in [0.2, 0.25) is 11.9 Å². The van der Waals surface area contributed by atoms with Crippen molar-refractivity contribution in [3.8, 4) is 0 Å². The Morgan fingerprint density at radius 2 is 2.00 bits per heavy atom. The molecule has 0 radical (unpaired) electrons. The van der Waals surface area contributed by atoms with Gasteiger partial charge in [0.25, 0.3) is 0 Å². The van der Waals surface area contributed by atoms with Crippen molar-refractivity contribution < 1.29 is 4.79 Å². The lowest BCUT2D eigenvalue weighted by molar-refractivity contribution is -0.117. The zero-order chi connectivity index (χ0) is 13.9. The van der Waals surface area contributed by atoms with Crippen LogP contribution in [0.15, 0.2) is 36.7 Å². The van der Waals surface area contributed by atoms with Crippen LogP contribution in [-0.2, 0) is 4.79 Å². The standard InChI is InChI=1S/C14H13ClN4O/c15-9-7-17-14(18-8-9)16-6-5-11-10-3-1-2-4-12(10)19-13(11)20/h1-4,7-8,11H,5-6H2,(H,19,20)(H,16,17,18)/t11-/m0/s1. The van der Waals surface area contributed by atoms with E-state index >= 15 is 0 Å². The molecule has 1 aromatic heterocycles. The quantitative estimate of drug-likeness (QED) is 0.908. The van der Waals surface area contributed by atoms with E-state index in [0.29, 0.717) is 23.9 Å². The van der Waals surface area contributed by atoms with Crippen LogP contribution in [0, 0.1) is 0 Å². The van der Waals surface area contributed by atoms with Crippen LogP contribution in [0.3, 0.4) is 0 Å². The van der Waals surface area contributed by atoms with Gasteiger partial charge in [0, 0.05) is 12.2 Å². The van der Waals surface area contributed by atoms with Crippen molar-refractivity contribution in [3.05, 3.63) is 47.2 Å². The third-order valence-corrected chi connectivity index (χ3v) is 3.44. The van der Waals surface area contributed by atoms with E-state index in [0.717, 1.165) is 11.3 Å². The van der Waals surface area contributed by atoms with Crippen molar-refractivity contribution in [2.75, 3.05) is 17.2 Å². The number of aromatic nitrogens is 2. The molecular weight excluding hydrogens is 276 g/mol. The fraction of sp³-hybridized carbons (Fsp3) is 0.214. The minimum absolute atomic E-state index is 0.0463. The van der Waals surface area contributed by atoms with E-state index < -0.39 is 0 Å². The molecule has 1 amide bonds. The van der Waals surface area contributed by atoms with Crippen LogP contribution in [0.25, 0.3) is 0 Å². The van der Waals surface area contributed by atoms with Crippen LogP contribution < -0.4 is 10.6 Å². The number of hydrogen-bond donors (Lipinski definition) is 2. The Balaban J connectivity index is 1.61. The zero-order valence-electron chi connectivity index (χ0n) is 10.6. The number of halogens is 1. The van der Waals surface area contributed by atoms with Crippen LogP contribution in [0.5, 0.6) is 0 Å². The third-order valence-electron chi connectivity index (χ3n) is 3.25. The molecule has 2 N–H and O–H groups in total. The van der Waals surface area contributed by atoms with Gasteiger partial charge in [0.05, 0.1) is 23.3 Å². The fourth-order valence-corrected chi connectivity index (χ4v) is 2.39. The van der Waals surface area contributed by atoms with E-state index in [9.17, 15) is 4.79 Å². The first kappa shape index (κ1) is 12.9. The number of carbonyl (C=O) groups is 1. The number of anilines is 2. The summed E-state index contributed by atoms with van der Waals surface area (Å²) in [6.45, 7) is 0.619. The first-order valence-corrected chi connectivity index (χ1v) is 6.73. The minimum Gasteiger partial charge on any atom is -0.354 e. The number of hydrogen-bond acceptors (Lipinski definition) is 4. The summed E-state index contributed by atoms with van der Waals surface area (Å²) in [5.74, 6) is 0.442.